The summed E-state index contributed by atoms with van der Waals surface area (Å²) >= 11 is 49.9. The maximum atomic E-state index is 13.6. The predicted molar refractivity (Wildman–Crippen MR) is 448 cm³/mol. The van der Waals surface area contributed by atoms with E-state index in [9.17, 15) is 38.4 Å². The molecule has 8 aliphatic heterocycles. The highest BCUT2D eigenvalue weighted by molar-refractivity contribution is 6.34. The van der Waals surface area contributed by atoms with Crippen LogP contribution >= 0.6 is 92.8 Å². The maximum absolute atomic E-state index is 13.6. The summed E-state index contributed by atoms with van der Waals surface area (Å²) in [7, 11) is 0. The van der Waals surface area contributed by atoms with E-state index in [1.54, 1.807) is 36.4 Å². The molecule has 584 valence electrons. The van der Waals surface area contributed by atoms with Crippen LogP contribution in [0.5, 0.6) is 0 Å². The molecule has 8 aromatic rings. The van der Waals surface area contributed by atoms with E-state index in [4.69, 9.17) is 92.8 Å². The van der Waals surface area contributed by atoms with Crippen LogP contribution < -0.4 is 42.5 Å². The number of hydrogen-bond donors (Lipinski definition) is 8. The van der Waals surface area contributed by atoms with Gasteiger partial charge >= 0.3 is 0 Å². The van der Waals surface area contributed by atoms with Gasteiger partial charge in [0.25, 0.3) is 0 Å². The molecule has 0 aliphatic carbocycles. The van der Waals surface area contributed by atoms with Crippen LogP contribution in [0.2, 0.25) is 40.2 Å². The molecule has 0 aromatic heterocycles. The minimum Gasteiger partial charge on any atom is -0.356 e. The molecule has 8 N–H and O–H groups in total. The van der Waals surface area contributed by atoms with Gasteiger partial charge in [-0.1, -0.05) is 221 Å². The summed E-state index contributed by atoms with van der Waals surface area (Å²) in [5.74, 6) is -1.52. The second-order valence-electron chi connectivity index (χ2n) is 31.9. The average Bonchev–Trinajstić information content (AvgIpc) is 1.56. The highest BCUT2D eigenvalue weighted by atomic mass is 35.5. The number of benzene rings is 8. The maximum Gasteiger partial charge on any atom is 0.236 e. The lowest BCUT2D eigenvalue weighted by atomic mass is 9.58. The summed E-state index contributed by atoms with van der Waals surface area (Å²) in [6.45, 7) is 18.3. The monoisotopic (exact) mass is 1660 g/mol. The Labute approximate surface area is 693 Å². The number of nitrogens with one attached hydrogen (secondary N) is 8. The van der Waals surface area contributed by atoms with Crippen LogP contribution in [0.3, 0.4) is 0 Å². The Kier molecular flexibility index (Phi) is 24.1. The first-order valence-electron chi connectivity index (χ1n) is 37.9. The van der Waals surface area contributed by atoms with E-state index < -0.39 is 21.7 Å². The van der Waals surface area contributed by atoms with Gasteiger partial charge in [-0.3, -0.25) is 38.4 Å². The van der Waals surface area contributed by atoms with E-state index in [0.717, 1.165) is 67.3 Å². The van der Waals surface area contributed by atoms with Crippen LogP contribution in [0, 0.1) is 47.3 Å². The van der Waals surface area contributed by atoms with E-state index in [1.165, 1.54) is 0 Å². The molecule has 4 saturated heterocycles. The van der Waals surface area contributed by atoms with Crippen molar-refractivity contribution in [2.24, 2.45) is 47.3 Å². The topological polar surface area (TPSA) is 233 Å². The van der Waals surface area contributed by atoms with E-state index in [0.29, 0.717) is 79.2 Å². The van der Waals surface area contributed by atoms with Crippen molar-refractivity contribution < 1.29 is 38.4 Å². The highest BCUT2D eigenvalue weighted by Crippen LogP contribution is 2.61. The summed E-state index contributed by atoms with van der Waals surface area (Å²) in [5, 5.41) is 29.0. The van der Waals surface area contributed by atoms with Gasteiger partial charge in [-0.25, -0.2) is 0 Å². The normalized spacial score (nSPS) is 26.8. The number of amides is 8. The van der Waals surface area contributed by atoms with Crippen molar-refractivity contribution in [3.8, 4) is 0 Å². The van der Waals surface area contributed by atoms with Gasteiger partial charge in [-0.05, 0) is 189 Å². The number of hydrogen-bond acceptors (Lipinski definition) is 8. The fourth-order valence-electron chi connectivity index (χ4n) is 19.9. The fraction of sp³-hybridized carbons (Fsp3) is 0.364. The van der Waals surface area contributed by atoms with E-state index in [-0.39, 0.29) is 131 Å². The Morgan fingerprint density at radius 1 is 0.268 bits per heavy atom. The number of carbonyl (C=O) groups excluding carboxylic acids is 8. The van der Waals surface area contributed by atoms with Crippen LogP contribution in [0.1, 0.15) is 149 Å². The summed E-state index contributed by atoms with van der Waals surface area (Å²) in [6.07, 6.45) is 1.03. The van der Waals surface area contributed by atoms with E-state index in [1.807, 2.05) is 133 Å². The van der Waals surface area contributed by atoms with Crippen LogP contribution in [0.4, 0.5) is 22.7 Å². The number of anilines is 4. The van der Waals surface area contributed by atoms with Gasteiger partial charge in [0.2, 0.25) is 47.3 Å². The van der Waals surface area contributed by atoms with Crippen LogP contribution in [-0.4, -0.2) is 73.4 Å². The van der Waals surface area contributed by atoms with Crippen LogP contribution in [0.25, 0.3) is 0 Å². The lowest BCUT2D eigenvalue weighted by molar-refractivity contribution is -0.127. The highest BCUT2D eigenvalue weighted by Gasteiger charge is 2.64. The van der Waals surface area contributed by atoms with Crippen molar-refractivity contribution in [3.05, 3.63) is 255 Å². The Balaban J connectivity index is 0.000000131. The Morgan fingerprint density at radius 2 is 0.491 bits per heavy atom. The van der Waals surface area contributed by atoms with E-state index >= 15 is 0 Å². The fourth-order valence-corrected chi connectivity index (χ4v) is 21.4. The molecule has 0 radical (unpaired) electrons. The van der Waals surface area contributed by atoms with Gasteiger partial charge in [0, 0.05) is 138 Å². The molecular formula is C88H88Cl8N8O8. The number of carbonyl (C=O) groups is 8. The molecule has 24 heteroatoms. The molecule has 12 atom stereocenters. The Morgan fingerprint density at radius 3 is 0.741 bits per heavy atom. The largest absolute Gasteiger partial charge is 0.356 e. The van der Waals surface area contributed by atoms with Crippen LogP contribution in [-0.2, 0) is 60.0 Å². The standard InChI is InChI=1S/4C22H22Cl2N2O2/c2*1-12(2)18-11-25-20(27)10-17(13-4-3-5-14(23)8-13)22(18)16-7-6-15(24)9-19(16)26-21(22)28;2*1-12(2)17-10-20(27)25-11-18(13-4-3-5-14(23)8-13)22(17)16-7-6-15(24)9-19(16)26-21(22)28/h4*3-9,12,17-18H,10-11H2,1-2H3,(H,25,27)(H,26,28)/t4*17-,18+,22-/m1010/s1. The zero-order chi connectivity index (χ0) is 80.2. The van der Waals surface area contributed by atoms with Gasteiger partial charge < -0.3 is 42.5 Å². The van der Waals surface area contributed by atoms with E-state index in [2.05, 4.69) is 97.9 Å². The molecule has 8 aromatic carbocycles. The molecule has 0 unspecified atom stereocenters. The van der Waals surface area contributed by atoms with Gasteiger partial charge in [0.05, 0.1) is 21.7 Å². The number of rotatable bonds is 8. The van der Waals surface area contributed by atoms with Crippen LogP contribution in [0.15, 0.2) is 170 Å². The molecule has 16 rings (SSSR count). The molecule has 4 fully saturated rings. The smallest absolute Gasteiger partial charge is 0.236 e. The quantitative estimate of drug-likeness (QED) is 0.0727. The lowest BCUT2D eigenvalue weighted by Gasteiger charge is -2.42. The van der Waals surface area contributed by atoms with Gasteiger partial charge in [0.1, 0.15) is 0 Å². The molecule has 8 heterocycles. The van der Waals surface area contributed by atoms with Crippen molar-refractivity contribution >= 4 is 163 Å². The molecule has 0 saturated carbocycles. The molecular weight excluding hydrogens is 1580 g/mol. The van der Waals surface area contributed by atoms with Crippen molar-refractivity contribution in [1.29, 1.82) is 0 Å². The van der Waals surface area contributed by atoms with Crippen molar-refractivity contribution in [2.45, 2.75) is 126 Å². The third-order valence-electron chi connectivity index (χ3n) is 24.6. The summed E-state index contributed by atoms with van der Waals surface area (Å²) in [4.78, 5) is 105. The Bertz CT molecular complexity index is 4640. The molecule has 0 bridgehead atoms. The van der Waals surface area contributed by atoms with Crippen molar-refractivity contribution in [3.63, 3.8) is 0 Å². The third-order valence-corrected chi connectivity index (χ3v) is 26.5. The molecule has 16 nitrogen and oxygen atoms in total. The Hall–Kier alpha value is -8.16. The number of fused-ring (bicyclic) bond motifs is 8. The first kappa shape index (κ1) is 81.8. The second-order valence-corrected chi connectivity index (χ2v) is 35.4. The van der Waals surface area contributed by atoms with Crippen molar-refractivity contribution in [1.82, 2.24) is 21.3 Å². The lowest BCUT2D eigenvalue weighted by Crippen LogP contribution is -2.50. The predicted octanol–water partition coefficient (Wildman–Crippen LogP) is 19.0. The first-order chi connectivity index (χ1) is 53.3. The summed E-state index contributed by atoms with van der Waals surface area (Å²) in [6, 6.07) is 52.3. The van der Waals surface area contributed by atoms with Gasteiger partial charge in [0.15, 0.2) is 0 Å². The SMILES string of the molecule is CC(C)[C@@H]1CC(=O)NC[C@H](c2cccc(Cl)c2)[C@@]12C(=O)Nc1cc(Cl)ccc12.CC(C)[C@@H]1CNC(=O)C[C@H](c2cccc(Cl)c2)[C@@]12C(=O)Nc1cc(Cl)ccc12.CC(C)[C@H]1CC(=O)NC[C@@H](c2cccc(Cl)c2)[C@]12C(=O)Nc1cc(Cl)ccc12.CC(C)[C@H]1CNC(=O)C[C@@H](c2cccc(Cl)c2)[C@]12C(=O)Nc1cc(Cl)ccc12. The average molecular weight is 1670 g/mol. The molecule has 4 spiro atoms. The van der Waals surface area contributed by atoms with Gasteiger partial charge in [-0.15, -0.1) is 0 Å². The molecule has 8 amide bonds. The minimum atomic E-state index is -0.877. The minimum absolute atomic E-state index is 0.0298. The second kappa shape index (κ2) is 33.0. The summed E-state index contributed by atoms with van der Waals surface area (Å²) < 4.78 is 0. The summed E-state index contributed by atoms with van der Waals surface area (Å²) in [5.41, 5.74) is 6.69. The zero-order valence-corrected chi connectivity index (χ0v) is 69.1. The first-order valence-corrected chi connectivity index (χ1v) is 40.9. The third kappa shape index (κ3) is 14.9. The molecule has 8 aliphatic rings. The van der Waals surface area contributed by atoms with Gasteiger partial charge in [-0.2, -0.15) is 0 Å². The number of halogens is 8. The van der Waals surface area contributed by atoms with Crippen molar-refractivity contribution in [2.75, 3.05) is 47.4 Å². The zero-order valence-electron chi connectivity index (χ0n) is 63.0. The molecule has 112 heavy (non-hydrogen) atoms.